The molecule has 5 heteroatoms. The fourth-order valence-corrected chi connectivity index (χ4v) is 1.73. The molecule has 2 rings (SSSR count). The van der Waals surface area contributed by atoms with Crippen molar-refractivity contribution in [2.75, 3.05) is 11.9 Å². The van der Waals surface area contributed by atoms with Gasteiger partial charge in [-0.1, -0.05) is 18.1 Å². The zero-order chi connectivity index (χ0) is 15.1. The number of hydrogen-bond donors (Lipinski definition) is 1. The maximum Gasteiger partial charge on any atom is 0.269 e. The first kappa shape index (κ1) is 14.4. The van der Waals surface area contributed by atoms with E-state index in [0.717, 1.165) is 17.0 Å². The van der Waals surface area contributed by atoms with E-state index >= 15 is 0 Å². The molecule has 0 spiro atoms. The van der Waals surface area contributed by atoms with E-state index in [1.54, 1.807) is 12.1 Å². The molecule has 0 saturated carbocycles. The minimum atomic E-state index is -0.418. The first-order valence-corrected chi connectivity index (χ1v) is 6.32. The number of benzene rings is 2. The largest absolute Gasteiger partial charge is 0.481 e. The molecule has 106 valence electrons. The molecule has 5 nitrogen and oxygen atoms in total. The Morgan fingerprint density at radius 3 is 2.38 bits per heavy atom. The van der Waals surface area contributed by atoms with Gasteiger partial charge >= 0.3 is 0 Å². The number of nitrogens with one attached hydrogen (secondary N) is 1. The van der Waals surface area contributed by atoms with Gasteiger partial charge in [-0.2, -0.15) is 0 Å². The third kappa shape index (κ3) is 4.25. The Labute approximate surface area is 122 Å². The van der Waals surface area contributed by atoms with Gasteiger partial charge in [-0.05, 0) is 29.8 Å². The second kappa shape index (κ2) is 6.96. The van der Waals surface area contributed by atoms with Gasteiger partial charge in [0.2, 0.25) is 0 Å². The van der Waals surface area contributed by atoms with Gasteiger partial charge in [-0.15, -0.1) is 6.42 Å². The van der Waals surface area contributed by atoms with Crippen LogP contribution in [-0.4, -0.2) is 11.5 Å². The van der Waals surface area contributed by atoms with E-state index in [2.05, 4.69) is 11.2 Å². The Morgan fingerprint density at radius 1 is 1.14 bits per heavy atom. The molecular weight excluding hydrogens is 268 g/mol. The van der Waals surface area contributed by atoms with Crippen molar-refractivity contribution in [3.63, 3.8) is 0 Å². The summed E-state index contributed by atoms with van der Waals surface area (Å²) in [6.45, 7) is 0.869. The van der Waals surface area contributed by atoms with Gasteiger partial charge in [0.15, 0.2) is 0 Å². The summed E-state index contributed by atoms with van der Waals surface area (Å²) in [7, 11) is 0. The summed E-state index contributed by atoms with van der Waals surface area (Å²) in [5.74, 6) is 3.14. The van der Waals surface area contributed by atoms with Gasteiger partial charge in [0.05, 0.1) is 4.92 Å². The summed E-state index contributed by atoms with van der Waals surface area (Å²) in [5.41, 5.74) is 1.98. The normalized spacial score (nSPS) is 9.67. The maximum atomic E-state index is 10.6. The first-order chi connectivity index (χ1) is 10.2. The van der Waals surface area contributed by atoms with Crippen LogP contribution < -0.4 is 10.1 Å². The van der Waals surface area contributed by atoms with Crippen LogP contribution in [0.25, 0.3) is 0 Å². The lowest BCUT2D eigenvalue weighted by Crippen LogP contribution is -2.00. The lowest BCUT2D eigenvalue weighted by Gasteiger charge is -2.07. The standard InChI is InChI=1S/C16H14N2O3/c1-2-11-21-16-9-3-13(4-10-16)12-17-14-5-7-15(8-6-14)18(19)20/h1,3-10,17H,11-12H2. The fourth-order valence-electron chi connectivity index (χ4n) is 1.73. The van der Waals surface area contributed by atoms with Crippen molar-refractivity contribution in [2.45, 2.75) is 6.54 Å². The van der Waals surface area contributed by atoms with Crippen LogP contribution in [0.2, 0.25) is 0 Å². The molecule has 0 aliphatic carbocycles. The summed E-state index contributed by atoms with van der Waals surface area (Å²) in [6, 6.07) is 13.9. The second-order valence-electron chi connectivity index (χ2n) is 4.29. The number of ether oxygens (including phenoxy) is 1. The van der Waals surface area contributed by atoms with Gasteiger partial charge in [0.1, 0.15) is 12.4 Å². The highest BCUT2D eigenvalue weighted by Gasteiger charge is 2.03. The summed E-state index contributed by atoms with van der Waals surface area (Å²) in [6.07, 6.45) is 5.12. The van der Waals surface area contributed by atoms with E-state index < -0.39 is 4.92 Å². The Bertz CT molecular complexity index is 643. The highest BCUT2D eigenvalue weighted by Crippen LogP contribution is 2.17. The van der Waals surface area contributed by atoms with Crippen molar-refractivity contribution < 1.29 is 9.66 Å². The molecule has 0 fully saturated rings. The highest BCUT2D eigenvalue weighted by molar-refractivity contribution is 5.48. The molecule has 21 heavy (non-hydrogen) atoms. The number of terminal acetylenes is 1. The zero-order valence-corrected chi connectivity index (χ0v) is 11.3. The van der Waals surface area contributed by atoms with Gasteiger partial charge < -0.3 is 10.1 Å². The Balaban J connectivity index is 1.90. The van der Waals surface area contributed by atoms with E-state index in [0.29, 0.717) is 6.54 Å². The quantitative estimate of drug-likeness (QED) is 0.502. The molecule has 0 saturated heterocycles. The van der Waals surface area contributed by atoms with Crippen molar-refractivity contribution in [3.8, 4) is 18.1 Å². The van der Waals surface area contributed by atoms with Crippen LogP contribution in [0.3, 0.4) is 0 Å². The third-order valence-electron chi connectivity index (χ3n) is 2.82. The van der Waals surface area contributed by atoms with Crippen molar-refractivity contribution in [3.05, 3.63) is 64.2 Å². The molecule has 0 bridgehead atoms. The van der Waals surface area contributed by atoms with Crippen molar-refractivity contribution in [1.82, 2.24) is 0 Å². The number of hydrogen-bond acceptors (Lipinski definition) is 4. The smallest absolute Gasteiger partial charge is 0.269 e. The number of anilines is 1. The summed E-state index contributed by atoms with van der Waals surface area (Å²) >= 11 is 0. The van der Waals surface area contributed by atoms with E-state index in [9.17, 15) is 10.1 Å². The third-order valence-corrected chi connectivity index (χ3v) is 2.82. The van der Waals surface area contributed by atoms with Gasteiger partial charge in [0.25, 0.3) is 5.69 Å². The molecule has 0 amide bonds. The number of nitrogens with zero attached hydrogens (tertiary/aromatic N) is 1. The van der Waals surface area contributed by atoms with E-state index in [1.165, 1.54) is 12.1 Å². The monoisotopic (exact) mass is 282 g/mol. The van der Waals surface area contributed by atoms with Gasteiger partial charge in [-0.3, -0.25) is 10.1 Å². The molecule has 2 aromatic carbocycles. The first-order valence-electron chi connectivity index (χ1n) is 6.32. The minimum absolute atomic E-state index is 0.0792. The van der Waals surface area contributed by atoms with Crippen molar-refractivity contribution in [1.29, 1.82) is 0 Å². The Kier molecular flexibility index (Phi) is 4.78. The predicted octanol–water partition coefficient (Wildman–Crippen LogP) is 3.22. The molecule has 2 aromatic rings. The Hall–Kier alpha value is -3.00. The Morgan fingerprint density at radius 2 is 1.81 bits per heavy atom. The van der Waals surface area contributed by atoms with E-state index in [1.807, 2.05) is 24.3 Å². The topological polar surface area (TPSA) is 64.4 Å². The molecule has 0 atom stereocenters. The maximum absolute atomic E-state index is 10.6. The lowest BCUT2D eigenvalue weighted by molar-refractivity contribution is -0.384. The number of non-ortho nitro benzene ring substituents is 1. The number of rotatable bonds is 6. The molecule has 1 N–H and O–H groups in total. The molecule has 0 heterocycles. The SMILES string of the molecule is C#CCOc1ccc(CNc2ccc([N+](=O)[O-])cc2)cc1. The predicted molar refractivity (Wildman–Crippen MR) is 81.2 cm³/mol. The fraction of sp³-hybridized carbons (Fsp3) is 0.125. The van der Waals surface area contributed by atoms with Crippen LogP contribution in [-0.2, 0) is 6.54 Å². The molecule has 0 unspecified atom stereocenters. The molecule has 0 aliphatic heterocycles. The summed E-state index contributed by atoms with van der Waals surface area (Å²) < 4.78 is 5.29. The molecule has 0 aromatic heterocycles. The van der Waals surface area contributed by atoms with Crippen molar-refractivity contribution >= 4 is 11.4 Å². The zero-order valence-electron chi connectivity index (χ0n) is 11.3. The summed E-state index contributed by atoms with van der Waals surface area (Å²) in [4.78, 5) is 10.1. The van der Waals surface area contributed by atoms with E-state index in [-0.39, 0.29) is 12.3 Å². The van der Waals surface area contributed by atoms with Gasteiger partial charge in [-0.25, -0.2) is 0 Å². The average Bonchev–Trinajstić information content (AvgIpc) is 2.52. The average molecular weight is 282 g/mol. The minimum Gasteiger partial charge on any atom is -0.481 e. The van der Waals surface area contributed by atoms with Crippen molar-refractivity contribution in [2.24, 2.45) is 0 Å². The van der Waals surface area contributed by atoms with Crippen LogP contribution >= 0.6 is 0 Å². The second-order valence-corrected chi connectivity index (χ2v) is 4.29. The molecule has 0 radical (unpaired) electrons. The van der Waals surface area contributed by atoms with Crippen LogP contribution in [0, 0.1) is 22.5 Å². The summed E-state index contributed by atoms with van der Waals surface area (Å²) in [5, 5.41) is 13.8. The van der Waals surface area contributed by atoms with Gasteiger partial charge in [0, 0.05) is 24.4 Å². The number of nitro benzene ring substituents is 1. The van der Waals surface area contributed by atoms with Crippen LogP contribution in [0.5, 0.6) is 5.75 Å². The highest BCUT2D eigenvalue weighted by atomic mass is 16.6. The molecular formula is C16H14N2O3. The number of nitro groups is 1. The molecule has 0 aliphatic rings. The van der Waals surface area contributed by atoms with Crippen LogP contribution in [0.15, 0.2) is 48.5 Å². The van der Waals surface area contributed by atoms with E-state index in [4.69, 9.17) is 11.2 Å². The van der Waals surface area contributed by atoms with Crippen LogP contribution in [0.4, 0.5) is 11.4 Å². The van der Waals surface area contributed by atoms with Crippen LogP contribution in [0.1, 0.15) is 5.56 Å². The lowest BCUT2D eigenvalue weighted by atomic mass is 10.2.